The normalized spacial score (nSPS) is 11.6. The zero-order valence-corrected chi connectivity index (χ0v) is 15.8. The second kappa shape index (κ2) is 15.9. The minimum atomic E-state index is -0.417. The molecule has 1 atom stereocenters. The average Bonchev–Trinajstić information content (AvgIpc) is 2.57. The average molecular weight is 359 g/mol. The van der Waals surface area contributed by atoms with Gasteiger partial charge >= 0.3 is 17.9 Å². The maximum absolute atomic E-state index is 12.0. The summed E-state index contributed by atoms with van der Waals surface area (Å²) in [5, 5.41) is 3.07. The summed E-state index contributed by atoms with van der Waals surface area (Å²) in [7, 11) is 0. The number of hydrogen-bond acceptors (Lipinski definition) is 7. The molecule has 0 spiro atoms. The van der Waals surface area contributed by atoms with Crippen LogP contribution in [0.15, 0.2) is 0 Å². The van der Waals surface area contributed by atoms with E-state index in [0.29, 0.717) is 39.2 Å². The highest BCUT2D eigenvalue weighted by Crippen LogP contribution is 2.09. The van der Waals surface area contributed by atoms with Crippen LogP contribution in [0.4, 0.5) is 0 Å². The quantitative estimate of drug-likeness (QED) is 0.273. The molecular formula is C18H33NO6. The molecule has 0 saturated heterocycles. The van der Waals surface area contributed by atoms with Crippen molar-refractivity contribution in [2.45, 2.75) is 71.8 Å². The number of esters is 3. The molecule has 1 N–H and O–H groups in total. The van der Waals surface area contributed by atoms with Crippen molar-refractivity contribution in [3.8, 4) is 0 Å². The molecule has 0 aliphatic rings. The number of carbonyl (C=O) groups excluding carboxylic acids is 3. The second-order valence-electron chi connectivity index (χ2n) is 5.57. The number of nitrogens with one attached hydrogen (secondary N) is 1. The van der Waals surface area contributed by atoms with Crippen LogP contribution < -0.4 is 5.32 Å². The van der Waals surface area contributed by atoms with Crippen molar-refractivity contribution >= 4 is 17.9 Å². The molecule has 7 heteroatoms. The molecule has 0 saturated carbocycles. The van der Waals surface area contributed by atoms with E-state index in [0.717, 1.165) is 25.7 Å². The number of unbranched alkanes of at least 4 members (excludes halogenated alkanes) is 3. The van der Waals surface area contributed by atoms with E-state index in [1.165, 1.54) is 0 Å². The van der Waals surface area contributed by atoms with Crippen LogP contribution in [0.3, 0.4) is 0 Å². The van der Waals surface area contributed by atoms with Gasteiger partial charge in [-0.3, -0.25) is 14.4 Å². The zero-order valence-electron chi connectivity index (χ0n) is 15.8. The van der Waals surface area contributed by atoms with E-state index in [9.17, 15) is 14.4 Å². The molecule has 7 nitrogen and oxygen atoms in total. The summed E-state index contributed by atoms with van der Waals surface area (Å²) in [5.74, 6) is -0.734. The third-order valence-corrected chi connectivity index (χ3v) is 3.53. The summed E-state index contributed by atoms with van der Waals surface area (Å²) in [5.41, 5.74) is 0. The van der Waals surface area contributed by atoms with Crippen molar-refractivity contribution in [1.82, 2.24) is 5.32 Å². The largest absolute Gasteiger partial charge is 0.466 e. The summed E-state index contributed by atoms with van der Waals surface area (Å²) < 4.78 is 14.8. The van der Waals surface area contributed by atoms with Gasteiger partial charge in [-0.05, 0) is 33.6 Å². The van der Waals surface area contributed by atoms with Gasteiger partial charge in [-0.1, -0.05) is 19.3 Å². The van der Waals surface area contributed by atoms with E-state index < -0.39 is 6.04 Å². The maximum atomic E-state index is 12.0. The molecule has 0 rings (SSSR count). The molecule has 0 aromatic heterocycles. The van der Waals surface area contributed by atoms with Crippen molar-refractivity contribution in [3.63, 3.8) is 0 Å². The molecule has 0 aromatic rings. The molecule has 0 aromatic carbocycles. The minimum Gasteiger partial charge on any atom is -0.466 e. The molecule has 25 heavy (non-hydrogen) atoms. The summed E-state index contributed by atoms with van der Waals surface area (Å²) in [4.78, 5) is 34.5. The van der Waals surface area contributed by atoms with Gasteiger partial charge in [0.1, 0.15) is 6.04 Å². The third kappa shape index (κ3) is 13.3. The fourth-order valence-electron chi connectivity index (χ4n) is 2.33. The van der Waals surface area contributed by atoms with Crippen LogP contribution in [0.25, 0.3) is 0 Å². The first-order valence-electron chi connectivity index (χ1n) is 9.26. The molecule has 0 bridgehead atoms. The number of hydrogen-bond donors (Lipinski definition) is 1. The molecular weight excluding hydrogens is 326 g/mol. The molecule has 1 unspecified atom stereocenters. The predicted molar refractivity (Wildman–Crippen MR) is 94.0 cm³/mol. The Morgan fingerprint density at radius 2 is 1.32 bits per heavy atom. The van der Waals surface area contributed by atoms with Gasteiger partial charge in [-0.25, -0.2) is 0 Å². The maximum Gasteiger partial charge on any atom is 0.323 e. The van der Waals surface area contributed by atoms with Gasteiger partial charge in [0.2, 0.25) is 0 Å². The van der Waals surface area contributed by atoms with Crippen molar-refractivity contribution < 1.29 is 28.6 Å². The summed E-state index contributed by atoms with van der Waals surface area (Å²) >= 11 is 0. The van der Waals surface area contributed by atoms with Crippen molar-refractivity contribution in [2.24, 2.45) is 0 Å². The molecule has 0 aliphatic carbocycles. The van der Waals surface area contributed by atoms with E-state index in [2.05, 4.69) is 5.32 Å². The summed E-state index contributed by atoms with van der Waals surface area (Å²) in [6, 6.07) is -0.417. The SMILES string of the molecule is CCOC(=O)CCCCCCC(NCCC(=O)OCC)C(=O)OCC. The number of rotatable bonds is 15. The molecule has 0 aliphatic heterocycles. The minimum absolute atomic E-state index is 0.160. The fraction of sp³-hybridized carbons (Fsp3) is 0.833. The van der Waals surface area contributed by atoms with Crippen LogP contribution in [-0.2, 0) is 28.6 Å². The predicted octanol–water partition coefficient (Wildman–Crippen LogP) is 2.36. The summed E-state index contributed by atoms with van der Waals surface area (Å²) in [6.45, 7) is 6.79. The first-order valence-corrected chi connectivity index (χ1v) is 9.26. The van der Waals surface area contributed by atoms with Crippen molar-refractivity contribution in [2.75, 3.05) is 26.4 Å². The van der Waals surface area contributed by atoms with Gasteiger partial charge in [0.25, 0.3) is 0 Å². The Bertz CT molecular complexity index is 386. The Morgan fingerprint density at radius 1 is 0.760 bits per heavy atom. The van der Waals surface area contributed by atoms with Crippen LogP contribution in [0, 0.1) is 0 Å². The van der Waals surface area contributed by atoms with E-state index in [1.54, 1.807) is 20.8 Å². The van der Waals surface area contributed by atoms with E-state index >= 15 is 0 Å². The first kappa shape index (κ1) is 23.4. The molecule has 0 heterocycles. The van der Waals surface area contributed by atoms with Gasteiger partial charge < -0.3 is 19.5 Å². The van der Waals surface area contributed by atoms with Gasteiger partial charge in [-0.2, -0.15) is 0 Å². The highest BCUT2D eigenvalue weighted by molar-refractivity contribution is 5.76. The Kier molecular flexibility index (Phi) is 14.8. The highest BCUT2D eigenvalue weighted by atomic mass is 16.5. The third-order valence-electron chi connectivity index (χ3n) is 3.53. The Balaban J connectivity index is 4.00. The van der Waals surface area contributed by atoms with Crippen LogP contribution >= 0.6 is 0 Å². The van der Waals surface area contributed by atoms with Gasteiger partial charge in [0, 0.05) is 13.0 Å². The van der Waals surface area contributed by atoms with Crippen LogP contribution in [-0.4, -0.2) is 50.3 Å². The van der Waals surface area contributed by atoms with Crippen molar-refractivity contribution in [3.05, 3.63) is 0 Å². The molecule has 146 valence electrons. The lowest BCUT2D eigenvalue weighted by Crippen LogP contribution is -2.39. The smallest absolute Gasteiger partial charge is 0.323 e. The zero-order chi connectivity index (χ0) is 18.9. The van der Waals surface area contributed by atoms with E-state index in [4.69, 9.17) is 14.2 Å². The van der Waals surface area contributed by atoms with Gasteiger partial charge in [-0.15, -0.1) is 0 Å². The Hall–Kier alpha value is -1.63. The Labute approximate surface area is 150 Å². The lowest BCUT2D eigenvalue weighted by atomic mass is 10.1. The highest BCUT2D eigenvalue weighted by Gasteiger charge is 2.19. The lowest BCUT2D eigenvalue weighted by Gasteiger charge is -2.17. The lowest BCUT2D eigenvalue weighted by molar-refractivity contribution is -0.147. The van der Waals surface area contributed by atoms with Crippen LogP contribution in [0.2, 0.25) is 0 Å². The first-order chi connectivity index (χ1) is 12.0. The van der Waals surface area contributed by atoms with Crippen LogP contribution in [0.5, 0.6) is 0 Å². The number of carbonyl (C=O) groups is 3. The van der Waals surface area contributed by atoms with E-state index in [-0.39, 0.29) is 24.3 Å². The molecule has 0 radical (unpaired) electrons. The van der Waals surface area contributed by atoms with Crippen LogP contribution in [0.1, 0.15) is 65.7 Å². The number of ether oxygens (including phenoxy) is 3. The topological polar surface area (TPSA) is 90.9 Å². The Morgan fingerprint density at radius 3 is 1.92 bits per heavy atom. The molecule has 0 fully saturated rings. The fourth-order valence-corrected chi connectivity index (χ4v) is 2.33. The van der Waals surface area contributed by atoms with Gasteiger partial charge in [0.15, 0.2) is 0 Å². The van der Waals surface area contributed by atoms with Crippen molar-refractivity contribution in [1.29, 1.82) is 0 Å². The molecule has 0 amide bonds. The van der Waals surface area contributed by atoms with Gasteiger partial charge in [0.05, 0.1) is 26.2 Å². The monoisotopic (exact) mass is 359 g/mol. The van der Waals surface area contributed by atoms with E-state index in [1.807, 2.05) is 0 Å². The standard InChI is InChI=1S/C18H33NO6/c1-4-23-16(20)12-10-8-7-9-11-15(18(22)25-6-3)19-14-13-17(21)24-5-2/h15,19H,4-14H2,1-3H3. The summed E-state index contributed by atoms with van der Waals surface area (Å²) in [6.07, 6.45) is 4.78. The second-order valence-corrected chi connectivity index (χ2v) is 5.57.